The van der Waals surface area contributed by atoms with Gasteiger partial charge in [-0.2, -0.15) is 0 Å². The number of hydrogen-bond donors (Lipinski definition) is 2. The van der Waals surface area contributed by atoms with Gasteiger partial charge in [-0.05, 0) is 38.3 Å². The average molecular weight is 540 g/mol. The van der Waals surface area contributed by atoms with Crippen molar-refractivity contribution in [3.63, 3.8) is 0 Å². The summed E-state index contributed by atoms with van der Waals surface area (Å²) in [5, 5.41) is 15.3. The maximum absolute atomic E-state index is 6.09. The SMILES string of the molecule is CCCCCCOc1cc(C)ccc1CN=C(NCC)NCc1nnc2n1CCC2.I. The van der Waals surface area contributed by atoms with E-state index >= 15 is 0 Å². The molecule has 0 bridgehead atoms. The molecular formula is C23H37IN6O. The lowest BCUT2D eigenvalue weighted by atomic mass is 10.1. The third kappa shape index (κ3) is 7.66. The number of aliphatic imine (C=N–C) groups is 1. The van der Waals surface area contributed by atoms with Gasteiger partial charge in [0.25, 0.3) is 0 Å². The first-order valence-corrected chi connectivity index (χ1v) is 11.4. The summed E-state index contributed by atoms with van der Waals surface area (Å²) >= 11 is 0. The highest BCUT2D eigenvalue weighted by molar-refractivity contribution is 14.0. The van der Waals surface area contributed by atoms with Gasteiger partial charge in [0.05, 0.1) is 19.7 Å². The molecule has 2 aromatic rings. The zero-order chi connectivity index (χ0) is 21.2. The molecule has 0 saturated carbocycles. The first kappa shape index (κ1) is 25.4. The summed E-state index contributed by atoms with van der Waals surface area (Å²) in [7, 11) is 0. The minimum atomic E-state index is 0. The quantitative estimate of drug-likeness (QED) is 0.192. The number of ether oxygens (including phenoxy) is 1. The van der Waals surface area contributed by atoms with Crippen LogP contribution in [-0.4, -0.2) is 33.9 Å². The molecule has 1 aliphatic heterocycles. The molecule has 1 aliphatic rings. The smallest absolute Gasteiger partial charge is 0.191 e. The Kier molecular flexibility index (Phi) is 11.1. The minimum Gasteiger partial charge on any atom is -0.493 e. The van der Waals surface area contributed by atoms with Gasteiger partial charge in [-0.15, -0.1) is 34.2 Å². The monoisotopic (exact) mass is 540 g/mol. The molecule has 172 valence electrons. The molecular weight excluding hydrogens is 503 g/mol. The highest BCUT2D eigenvalue weighted by Gasteiger charge is 2.17. The van der Waals surface area contributed by atoms with Crippen molar-refractivity contribution < 1.29 is 4.74 Å². The fourth-order valence-electron chi connectivity index (χ4n) is 3.65. The summed E-state index contributed by atoms with van der Waals surface area (Å²) < 4.78 is 8.30. The average Bonchev–Trinajstić information content (AvgIpc) is 3.35. The van der Waals surface area contributed by atoms with E-state index in [2.05, 4.69) is 64.4 Å². The van der Waals surface area contributed by atoms with Gasteiger partial charge >= 0.3 is 0 Å². The normalized spacial score (nSPS) is 12.9. The van der Waals surface area contributed by atoms with E-state index in [4.69, 9.17) is 9.73 Å². The van der Waals surface area contributed by atoms with Crippen LogP contribution in [0.3, 0.4) is 0 Å². The number of halogens is 1. The van der Waals surface area contributed by atoms with E-state index in [9.17, 15) is 0 Å². The predicted octanol–water partition coefficient (Wildman–Crippen LogP) is 4.37. The van der Waals surface area contributed by atoms with Crippen molar-refractivity contribution in [1.82, 2.24) is 25.4 Å². The van der Waals surface area contributed by atoms with E-state index in [-0.39, 0.29) is 24.0 Å². The summed E-state index contributed by atoms with van der Waals surface area (Å²) in [5.41, 5.74) is 2.31. The lowest BCUT2D eigenvalue weighted by Gasteiger charge is -2.14. The van der Waals surface area contributed by atoms with Crippen LogP contribution in [0.5, 0.6) is 5.75 Å². The topological polar surface area (TPSA) is 76.4 Å². The number of guanidine groups is 1. The molecule has 8 heteroatoms. The molecule has 0 atom stereocenters. The van der Waals surface area contributed by atoms with Crippen LogP contribution in [0.1, 0.15) is 68.7 Å². The van der Waals surface area contributed by atoms with Crippen molar-refractivity contribution in [2.45, 2.75) is 78.9 Å². The molecule has 0 amide bonds. The Balaban J connectivity index is 0.00000341. The number of nitrogens with one attached hydrogen (secondary N) is 2. The number of unbranched alkanes of at least 4 members (excludes halogenated alkanes) is 3. The molecule has 0 fully saturated rings. The number of fused-ring (bicyclic) bond motifs is 1. The van der Waals surface area contributed by atoms with Gasteiger partial charge < -0.3 is 19.9 Å². The second-order valence-electron chi connectivity index (χ2n) is 7.86. The Morgan fingerprint density at radius 1 is 1.16 bits per heavy atom. The predicted molar refractivity (Wildman–Crippen MR) is 136 cm³/mol. The lowest BCUT2D eigenvalue weighted by molar-refractivity contribution is 0.302. The van der Waals surface area contributed by atoms with Gasteiger partial charge in [0, 0.05) is 25.1 Å². The number of benzene rings is 1. The van der Waals surface area contributed by atoms with E-state index in [0.29, 0.717) is 13.1 Å². The third-order valence-corrected chi connectivity index (χ3v) is 5.33. The van der Waals surface area contributed by atoms with E-state index in [0.717, 1.165) is 67.9 Å². The number of aromatic nitrogens is 3. The van der Waals surface area contributed by atoms with Gasteiger partial charge in [0.2, 0.25) is 0 Å². The van der Waals surface area contributed by atoms with Crippen LogP contribution in [-0.2, 0) is 26.1 Å². The van der Waals surface area contributed by atoms with Crippen molar-refractivity contribution in [1.29, 1.82) is 0 Å². The van der Waals surface area contributed by atoms with Gasteiger partial charge in [-0.25, -0.2) is 4.99 Å². The summed E-state index contributed by atoms with van der Waals surface area (Å²) in [6.45, 7) is 10.2. The Labute approximate surface area is 203 Å². The van der Waals surface area contributed by atoms with E-state index in [1.165, 1.54) is 24.8 Å². The second-order valence-corrected chi connectivity index (χ2v) is 7.86. The Morgan fingerprint density at radius 3 is 2.84 bits per heavy atom. The summed E-state index contributed by atoms with van der Waals surface area (Å²) in [4.78, 5) is 4.78. The van der Waals surface area contributed by atoms with Crippen LogP contribution >= 0.6 is 24.0 Å². The van der Waals surface area contributed by atoms with Gasteiger partial charge in [-0.1, -0.05) is 38.3 Å². The largest absolute Gasteiger partial charge is 0.493 e. The standard InChI is InChI=1S/C23H36N6O.HI/c1-4-6-7-8-14-30-20-15-18(3)11-12-19(20)16-25-23(24-5-2)26-17-22-28-27-21-10-9-13-29(21)22;/h11-12,15H,4-10,13-14,16-17H2,1-3H3,(H2,24,25,26);1H. The number of nitrogens with zero attached hydrogens (tertiary/aromatic N) is 4. The molecule has 3 rings (SSSR count). The molecule has 0 radical (unpaired) electrons. The zero-order valence-electron chi connectivity index (χ0n) is 19.1. The van der Waals surface area contributed by atoms with Crippen LogP contribution in [0.2, 0.25) is 0 Å². The maximum Gasteiger partial charge on any atom is 0.191 e. The maximum atomic E-state index is 6.09. The van der Waals surface area contributed by atoms with Gasteiger partial charge in [0.1, 0.15) is 11.6 Å². The fourth-order valence-corrected chi connectivity index (χ4v) is 3.65. The molecule has 0 spiro atoms. The highest BCUT2D eigenvalue weighted by Crippen LogP contribution is 2.22. The van der Waals surface area contributed by atoms with Crippen LogP contribution in [0, 0.1) is 6.92 Å². The molecule has 0 saturated heterocycles. The van der Waals surface area contributed by atoms with Crippen molar-refractivity contribution >= 4 is 29.9 Å². The molecule has 31 heavy (non-hydrogen) atoms. The van der Waals surface area contributed by atoms with E-state index < -0.39 is 0 Å². The Morgan fingerprint density at radius 2 is 2.03 bits per heavy atom. The molecule has 0 aliphatic carbocycles. The summed E-state index contributed by atoms with van der Waals surface area (Å²) in [6.07, 6.45) is 6.99. The van der Waals surface area contributed by atoms with Crippen molar-refractivity contribution in [2.24, 2.45) is 4.99 Å². The van der Waals surface area contributed by atoms with Crippen molar-refractivity contribution in [2.75, 3.05) is 13.2 Å². The first-order chi connectivity index (χ1) is 14.7. The highest BCUT2D eigenvalue weighted by atomic mass is 127. The van der Waals surface area contributed by atoms with Crippen LogP contribution in [0.15, 0.2) is 23.2 Å². The first-order valence-electron chi connectivity index (χ1n) is 11.4. The summed E-state index contributed by atoms with van der Waals surface area (Å²) in [6, 6.07) is 6.36. The Hall–Kier alpha value is -1.84. The second kappa shape index (κ2) is 13.5. The number of hydrogen-bond acceptors (Lipinski definition) is 4. The van der Waals surface area contributed by atoms with Gasteiger partial charge in [-0.3, -0.25) is 0 Å². The fraction of sp³-hybridized carbons (Fsp3) is 0.609. The zero-order valence-corrected chi connectivity index (χ0v) is 21.4. The lowest BCUT2D eigenvalue weighted by Crippen LogP contribution is -2.37. The van der Waals surface area contributed by atoms with E-state index in [1.54, 1.807) is 0 Å². The van der Waals surface area contributed by atoms with Crippen molar-refractivity contribution in [3.05, 3.63) is 41.0 Å². The molecule has 1 aromatic heterocycles. The van der Waals surface area contributed by atoms with Crippen molar-refractivity contribution in [3.8, 4) is 5.75 Å². The van der Waals surface area contributed by atoms with E-state index in [1.807, 2.05) is 0 Å². The minimum absolute atomic E-state index is 0. The molecule has 2 heterocycles. The molecule has 7 nitrogen and oxygen atoms in total. The van der Waals surface area contributed by atoms with Crippen LogP contribution < -0.4 is 15.4 Å². The molecule has 1 aromatic carbocycles. The summed E-state index contributed by atoms with van der Waals surface area (Å²) in [5.74, 6) is 3.79. The van der Waals surface area contributed by atoms with Crippen LogP contribution in [0.4, 0.5) is 0 Å². The number of rotatable bonds is 11. The Bertz CT molecular complexity index is 835. The molecule has 2 N–H and O–H groups in total. The van der Waals surface area contributed by atoms with Crippen LogP contribution in [0.25, 0.3) is 0 Å². The third-order valence-electron chi connectivity index (χ3n) is 5.33. The molecule has 0 unspecified atom stereocenters. The number of aryl methyl sites for hydroxylation is 2. The van der Waals surface area contributed by atoms with Gasteiger partial charge in [0.15, 0.2) is 11.8 Å².